The van der Waals surface area contributed by atoms with Gasteiger partial charge in [0.2, 0.25) is 5.91 Å². The van der Waals surface area contributed by atoms with Gasteiger partial charge in [0.1, 0.15) is 0 Å². The number of nitrogens with one attached hydrogen (secondary N) is 1. The molecule has 0 radical (unpaired) electrons. The second kappa shape index (κ2) is 8.38. The summed E-state index contributed by atoms with van der Waals surface area (Å²) >= 11 is 1.10. The van der Waals surface area contributed by atoms with E-state index in [2.05, 4.69) is 17.2 Å². The zero-order valence-electron chi connectivity index (χ0n) is 13.9. The first-order valence-electron chi connectivity index (χ1n) is 7.84. The molecule has 2 rings (SSSR count). The molecule has 25 heavy (non-hydrogen) atoms. The minimum Gasteiger partial charge on any atom is -0.349 e. The number of halogens is 3. The van der Waals surface area contributed by atoms with Gasteiger partial charge in [0.05, 0.1) is 22.4 Å². The van der Waals surface area contributed by atoms with Gasteiger partial charge in [-0.1, -0.05) is 43.0 Å². The van der Waals surface area contributed by atoms with Gasteiger partial charge in [-0.15, -0.1) is 0 Å². The van der Waals surface area contributed by atoms with Crippen LogP contribution in [-0.2, 0) is 17.4 Å². The van der Waals surface area contributed by atoms with Crippen LogP contribution in [-0.4, -0.2) is 16.6 Å². The highest BCUT2D eigenvalue weighted by atomic mass is 32.2. The topological polar surface area (TPSA) is 42.0 Å². The van der Waals surface area contributed by atoms with E-state index in [1.54, 1.807) is 0 Å². The monoisotopic (exact) mass is 368 g/mol. The van der Waals surface area contributed by atoms with Crippen molar-refractivity contribution in [2.24, 2.45) is 0 Å². The molecule has 1 heterocycles. The van der Waals surface area contributed by atoms with Crippen LogP contribution in [0.15, 0.2) is 47.6 Å². The molecule has 0 aliphatic carbocycles. The number of carbonyl (C=O) groups excluding carboxylic acids is 1. The fourth-order valence-electron chi connectivity index (χ4n) is 2.18. The standard InChI is InChI=1S/C18H19F3N2OS/c1-3-13-4-6-14(7-5-13)12(2)23-16(24)11-25-17-9-8-15(10-22-17)18(19,20)21/h4-10,12H,3,11H2,1-2H3,(H,23,24). The Morgan fingerprint density at radius 2 is 1.88 bits per heavy atom. The van der Waals surface area contributed by atoms with E-state index < -0.39 is 11.7 Å². The lowest BCUT2D eigenvalue weighted by Gasteiger charge is -2.14. The van der Waals surface area contributed by atoms with Crippen molar-refractivity contribution >= 4 is 17.7 Å². The molecule has 7 heteroatoms. The first-order valence-corrected chi connectivity index (χ1v) is 8.82. The van der Waals surface area contributed by atoms with Gasteiger partial charge in [-0.05, 0) is 36.6 Å². The van der Waals surface area contributed by atoms with Gasteiger partial charge in [0, 0.05) is 6.20 Å². The minimum absolute atomic E-state index is 0.0930. The smallest absolute Gasteiger partial charge is 0.349 e. The van der Waals surface area contributed by atoms with Gasteiger partial charge in [-0.2, -0.15) is 13.2 Å². The molecule has 1 amide bonds. The molecule has 0 fully saturated rings. The summed E-state index contributed by atoms with van der Waals surface area (Å²) in [5.74, 6) is -0.103. The van der Waals surface area contributed by atoms with Gasteiger partial charge >= 0.3 is 6.18 Å². The third kappa shape index (κ3) is 5.77. The second-order valence-electron chi connectivity index (χ2n) is 5.56. The maximum Gasteiger partial charge on any atom is 0.417 e. The Bertz CT molecular complexity index is 700. The molecule has 1 aromatic heterocycles. The summed E-state index contributed by atoms with van der Waals surface area (Å²) in [4.78, 5) is 15.7. The molecule has 0 saturated heterocycles. The molecular weight excluding hydrogens is 349 g/mol. The fraction of sp³-hybridized carbons (Fsp3) is 0.333. The number of benzene rings is 1. The Morgan fingerprint density at radius 3 is 2.40 bits per heavy atom. The predicted octanol–water partition coefficient (Wildman–Crippen LogP) is 4.63. The Hall–Kier alpha value is -2.02. The van der Waals surface area contributed by atoms with E-state index in [4.69, 9.17) is 0 Å². The molecule has 0 aliphatic rings. The number of pyridine rings is 1. The number of amides is 1. The van der Waals surface area contributed by atoms with Crippen molar-refractivity contribution in [1.82, 2.24) is 10.3 Å². The Kier molecular flexibility index (Phi) is 6.47. The van der Waals surface area contributed by atoms with Crippen LogP contribution < -0.4 is 5.32 Å². The molecule has 1 N–H and O–H groups in total. The average Bonchev–Trinajstić information content (AvgIpc) is 2.59. The molecule has 0 bridgehead atoms. The number of thioether (sulfide) groups is 1. The average molecular weight is 368 g/mol. The summed E-state index contributed by atoms with van der Waals surface area (Å²) in [5.41, 5.74) is 1.43. The molecule has 2 aromatic rings. The number of alkyl halides is 3. The van der Waals surface area contributed by atoms with Crippen LogP contribution >= 0.6 is 11.8 Å². The minimum atomic E-state index is -4.41. The number of rotatable bonds is 6. The number of aromatic nitrogens is 1. The summed E-state index contributed by atoms with van der Waals surface area (Å²) in [6.07, 6.45) is -2.67. The van der Waals surface area contributed by atoms with Crippen LogP contribution in [0.25, 0.3) is 0 Å². The molecule has 0 aliphatic heterocycles. The van der Waals surface area contributed by atoms with Crippen LogP contribution in [0.4, 0.5) is 13.2 Å². The number of hydrogen-bond acceptors (Lipinski definition) is 3. The van der Waals surface area contributed by atoms with E-state index in [9.17, 15) is 18.0 Å². The lowest BCUT2D eigenvalue weighted by atomic mass is 10.1. The lowest BCUT2D eigenvalue weighted by molar-refractivity contribution is -0.137. The molecule has 3 nitrogen and oxygen atoms in total. The van der Waals surface area contributed by atoms with Crippen molar-refractivity contribution in [3.63, 3.8) is 0 Å². The molecule has 0 spiro atoms. The fourth-order valence-corrected chi connectivity index (χ4v) is 2.84. The van der Waals surface area contributed by atoms with Gasteiger partial charge in [-0.3, -0.25) is 4.79 Å². The number of aryl methyl sites for hydroxylation is 1. The molecule has 1 atom stereocenters. The highest BCUT2D eigenvalue weighted by Gasteiger charge is 2.30. The van der Waals surface area contributed by atoms with E-state index in [0.717, 1.165) is 36.0 Å². The molecule has 0 saturated carbocycles. The van der Waals surface area contributed by atoms with Crippen LogP contribution in [0.1, 0.15) is 36.6 Å². The predicted molar refractivity (Wildman–Crippen MR) is 92.3 cm³/mol. The van der Waals surface area contributed by atoms with Crippen molar-refractivity contribution < 1.29 is 18.0 Å². The van der Waals surface area contributed by atoms with E-state index in [0.29, 0.717) is 5.03 Å². The van der Waals surface area contributed by atoms with Crippen LogP contribution in [0.3, 0.4) is 0 Å². The first kappa shape index (κ1) is 19.3. The highest BCUT2D eigenvalue weighted by Crippen LogP contribution is 2.29. The van der Waals surface area contributed by atoms with Gasteiger partial charge in [0.15, 0.2) is 0 Å². The Labute approximate surface area is 149 Å². The van der Waals surface area contributed by atoms with E-state index in [1.165, 1.54) is 11.6 Å². The van der Waals surface area contributed by atoms with Crippen molar-refractivity contribution in [3.8, 4) is 0 Å². The Morgan fingerprint density at radius 1 is 1.20 bits per heavy atom. The van der Waals surface area contributed by atoms with E-state index in [-0.39, 0.29) is 17.7 Å². The zero-order chi connectivity index (χ0) is 18.4. The number of nitrogens with zero attached hydrogens (tertiary/aromatic N) is 1. The summed E-state index contributed by atoms with van der Waals surface area (Å²) in [7, 11) is 0. The summed E-state index contributed by atoms with van der Waals surface area (Å²) in [6.45, 7) is 3.96. The van der Waals surface area contributed by atoms with Crippen molar-refractivity contribution in [3.05, 3.63) is 59.3 Å². The zero-order valence-corrected chi connectivity index (χ0v) is 14.7. The maximum atomic E-state index is 12.5. The molecule has 134 valence electrons. The van der Waals surface area contributed by atoms with Gasteiger partial charge < -0.3 is 5.32 Å². The first-order chi connectivity index (χ1) is 11.8. The summed E-state index contributed by atoms with van der Waals surface area (Å²) in [6, 6.07) is 10.1. The quantitative estimate of drug-likeness (QED) is 0.756. The van der Waals surface area contributed by atoms with E-state index in [1.807, 2.05) is 31.2 Å². The third-order valence-electron chi connectivity index (χ3n) is 3.68. The van der Waals surface area contributed by atoms with Crippen molar-refractivity contribution in [1.29, 1.82) is 0 Å². The molecule has 1 aromatic carbocycles. The highest BCUT2D eigenvalue weighted by molar-refractivity contribution is 7.99. The second-order valence-corrected chi connectivity index (χ2v) is 6.55. The maximum absolute atomic E-state index is 12.5. The summed E-state index contributed by atoms with van der Waals surface area (Å²) in [5, 5.41) is 3.25. The third-order valence-corrected chi connectivity index (χ3v) is 4.62. The Balaban J connectivity index is 1.85. The van der Waals surface area contributed by atoms with Gasteiger partial charge in [-0.25, -0.2) is 4.98 Å². The molecule has 1 unspecified atom stereocenters. The number of hydrogen-bond donors (Lipinski definition) is 1. The SMILES string of the molecule is CCc1ccc(C(C)NC(=O)CSc2ccc(C(F)(F)F)cn2)cc1. The van der Waals surface area contributed by atoms with Crippen molar-refractivity contribution in [2.45, 2.75) is 37.5 Å². The van der Waals surface area contributed by atoms with Crippen LogP contribution in [0.5, 0.6) is 0 Å². The molecular formula is C18H19F3N2OS. The van der Waals surface area contributed by atoms with Gasteiger partial charge in [0.25, 0.3) is 0 Å². The summed E-state index contributed by atoms with van der Waals surface area (Å²) < 4.78 is 37.4. The van der Waals surface area contributed by atoms with E-state index >= 15 is 0 Å². The van der Waals surface area contributed by atoms with Crippen molar-refractivity contribution in [2.75, 3.05) is 5.75 Å². The van der Waals surface area contributed by atoms with Crippen LogP contribution in [0, 0.1) is 0 Å². The normalized spacial score (nSPS) is 12.7. The largest absolute Gasteiger partial charge is 0.417 e. The lowest BCUT2D eigenvalue weighted by Crippen LogP contribution is -2.28. The van der Waals surface area contributed by atoms with Crippen LogP contribution in [0.2, 0.25) is 0 Å². The number of carbonyl (C=O) groups is 1.